The highest BCUT2D eigenvalue weighted by Gasteiger charge is 2.69. The van der Waals surface area contributed by atoms with Crippen LogP contribution >= 0.6 is 11.8 Å². The van der Waals surface area contributed by atoms with Crippen molar-refractivity contribution in [2.75, 3.05) is 5.75 Å². The summed E-state index contributed by atoms with van der Waals surface area (Å²) in [6.45, 7) is 4.86. The fourth-order valence-corrected chi connectivity index (χ4v) is 5.21. The smallest absolute Gasteiger partial charge is 0.0215 e. The lowest BCUT2D eigenvalue weighted by Gasteiger charge is -2.37. The molecule has 0 aromatic carbocycles. The highest BCUT2D eigenvalue weighted by atomic mass is 32.2. The zero-order chi connectivity index (χ0) is 10.0. The standard InChI is InChI=1S/C12H21NS/c1-10(2)9(3-8-14-10)11(4-5-11)12(13)6-7-12/h9H,3-8,13H2,1-2H3. The van der Waals surface area contributed by atoms with Gasteiger partial charge in [0.1, 0.15) is 0 Å². The normalized spacial score (nSPS) is 40.9. The Balaban J connectivity index is 1.88. The van der Waals surface area contributed by atoms with Gasteiger partial charge in [-0.15, -0.1) is 0 Å². The van der Waals surface area contributed by atoms with Gasteiger partial charge in [-0.3, -0.25) is 0 Å². The zero-order valence-corrected chi connectivity index (χ0v) is 10.1. The maximum Gasteiger partial charge on any atom is 0.0215 e. The van der Waals surface area contributed by atoms with E-state index in [4.69, 9.17) is 5.73 Å². The van der Waals surface area contributed by atoms with Gasteiger partial charge in [0.05, 0.1) is 0 Å². The molecule has 3 fully saturated rings. The van der Waals surface area contributed by atoms with E-state index in [1.165, 1.54) is 37.9 Å². The lowest BCUT2D eigenvalue weighted by molar-refractivity contribution is 0.204. The third-order valence-corrected chi connectivity index (χ3v) is 6.42. The molecule has 2 saturated carbocycles. The Kier molecular flexibility index (Phi) is 1.71. The minimum atomic E-state index is 0.264. The number of thioether (sulfide) groups is 1. The molecule has 0 aromatic rings. The summed E-state index contributed by atoms with van der Waals surface area (Å²) in [5.74, 6) is 2.25. The summed E-state index contributed by atoms with van der Waals surface area (Å²) in [5, 5.41) is 0. The zero-order valence-electron chi connectivity index (χ0n) is 9.31. The lowest BCUT2D eigenvalue weighted by Crippen LogP contribution is -2.44. The Labute approximate surface area is 91.2 Å². The molecule has 0 bridgehead atoms. The van der Waals surface area contributed by atoms with Crippen molar-refractivity contribution >= 4 is 11.8 Å². The summed E-state index contributed by atoms with van der Waals surface area (Å²) >= 11 is 2.16. The van der Waals surface area contributed by atoms with Crippen molar-refractivity contribution in [2.24, 2.45) is 17.1 Å². The minimum Gasteiger partial charge on any atom is -0.325 e. The molecule has 3 rings (SSSR count). The van der Waals surface area contributed by atoms with Crippen molar-refractivity contribution in [1.29, 1.82) is 0 Å². The van der Waals surface area contributed by atoms with Crippen LogP contribution in [0.1, 0.15) is 46.0 Å². The summed E-state index contributed by atoms with van der Waals surface area (Å²) in [6.07, 6.45) is 6.83. The monoisotopic (exact) mass is 211 g/mol. The fraction of sp³-hybridized carbons (Fsp3) is 1.00. The molecule has 0 aromatic heterocycles. The first-order chi connectivity index (χ1) is 6.50. The van der Waals surface area contributed by atoms with E-state index in [1.54, 1.807) is 0 Å². The molecule has 2 N–H and O–H groups in total. The molecule has 1 saturated heterocycles. The van der Waals surface area contributed by atoms with Gasteiger partial charge in [-0.05, 0) is 49.2 Å². The Morgan fingerprint density at radius 1 is 1.14 bits per heavy atom. The van der Waals surface area contributed by atoms with E-state index < -0.39 is 0 Å². The second-order valence-electron chi connectivity index (χ2n) is 6.11. The number of hydrogen-bond acceptors (Lipinski definition) is 2. The summed E-state index contributed by atoms with van der Waals surface area (Å²) < 4.78 is 0.492. The van der Waals surface area contributed by atoms with Crippen molar-refractivity contribution in [3.8, 4) is 0 Å². The van der Waals surface area contributed by atoms with Gasteiger partial charge < -0.3 is 5.73 Å². The Hall–Kier alpha value is 0.310. The maximum atomic E-state index is 6.48. The first kappa shape index (κ1) is 9.53. The van der Waals surface area contributed by atoms with Gasteiger partial charge in [-0.25, -0.2) is 0 Å². The largest absolute Gasteiger partial charge is 0.325 e. The molecular weight excluding hydrogens is 190 g/mol. The average Bonchev–Trinajstić information content (AvgIpc) is 2.97. The van der Waals surface area contributed by atoms with Gasteiger partial charge in [-0.1, -0.05) is 13.8 Å². The first-order valence-electron chi connectivity index (χ1n) is 5.93. The van der Waals surface area contributed by atoms with E-state index in [-0.39, 0.29) is 5.54 Å². The second kappa shape index (κ2) is 2.52. The van der Waals surface area contributed by atoms with Gasteiger partial charge in [0, 0.05) is 10.3 Å². The molecule has 2 aliphatic carbocycles. The Morgan fingerprint density at radius 2 is 1.79 bits per heavy atom. The van der Waals surface area contributed by atoms with Crippen LogP contribution in [-0.2, 0) is 0 Å². The van der Waals surface area contributed by atoms with E-state index >= 15 is 0 Å². The van der Waals surface area contributed by atoms with Crippen molar-refractivity contribution in [2.45, 2.75) is 56.2 Å². The van der Waals surface area contributed by atoms with Crippen LogP contribution in [0.3, 0.4) is 0 Å². The molecule has 0 spiro atoms. The molecule has 1 nitrogen and oxygen atoms in total. The van der Waals surface area contributed by atoms with Crippen LogP contribution in [-0.4, -0.2) is 16.0 Å². The molecule has 14 heavy (non-hydrogen) atoms. The molecule has 1 atom stereocenters. The highest BCUT2D eigenvalue weighted by Crippen LogP contribution is 2.71. The van der Waals surface area contributed by atoms with E-state index in [0.717, 1.165) is 5.92 Å². The third kappa shape index (κ3) is 1.07. The Morgan fingerprint density at radius 3 is 2.14 bits per heavy atom. The Bertz CT molecular complexity index is 263. The van der Waals surface area contributed by atoms with Crippen molar-refractivity contribution in [3.63, 3.8) is 0 Å². The lowest BCUT2D eigenvalue weighted by atomic mass is 9.73. The molecule has 0 radical (unpaired) electrons. The molecular formula is C12H21NS. The second-order valence-corrected chi connectivity index (χ2v) is 7.85. The van der Waals surface area contributed by atoms with Crippen LogP contribution in [0.2, 0.25) is 0 Å². The maximum absolute atomic E-state index is 6.48. The van der Waals surface area contributed by atoms with Gasteiger partial charge in [0.15, 0.2) is 0 Å². The summed E-state index contributed by atoms with van der Waals surface area (Å²) in [4.78, 5) is 0. The van der Waals surface area contributed by atoms with E-state index in [2.05, 4.69) is 25.6 Å². The van der Waals surface area contributed by atoms with E-state index in [9.17, 15) is 0 Å². The van der Waals surface area contributed by atoms with E-state index in [0.29, 0.717) is 10.2 Å². The minimum absolute atomic E-state index is 0.264. The fourth-order valence-electron chi connectivity index (χ4n) is 3.79. The number of hydrogen-bond donors (Lipinski definition) is 1. The van der Waals surface area contributed by atoms with Crippen molar-refractivity contribution in [1.82, 2.24) is 0 Å². The molecule has 80 valence electrons. The summed E-state index contributed by atoms with van der Waals surface area (Å²) in [6, 6.07) is 0. The third-order valence-electron chi connectivity index (χ3n) is 4.96. The highest BCUT2D eigenvalue weighted by molar-refractivity contribution is 8.00. The quantitative estimate of drug-likeness (QED) is 0.760. The topological polar surface area (TPSA) is 26.0 Å². The number of nitrogens with two attached hydrogens (primary N) is 1. The van der Waals surface area contributed by atoms with Crippen molar-refractivity contribution in [3.05, 3.63) is 0 Å². The molecule has 1 aliphatic heterocycles. The van der Waals surface area contributed by atoms with Crippen LogP contribution in [0, 0.1) is 11.3 Å². The van der Waals surface area contributed by atoms with Crippen LogP contribution in [0.4, 0.5) is 0 Å². The van der Waals surface area contributed by atoms with Crippen LogP contribution in [0.15, 0.2) is 0 Å². The SMILES string of the molecule is CC1(C)SCCC1C1(C2(N)CC2)CC1. The molecule has 0 amide bonds. The van der Waals surface area contributed by atoms with Crippen LogP contribution in [0.5, 0.6) is 0 Å². The molecule has 2 heteroatoms. The van der Waals surface area contributed by atoms with Crippen LogP contribution < -0.4 is 5.73 Å². The van der Waals surface area contributed by atoms with Crippen molar-refractivity contribution < 1.29 is 0 Å². The van der Waals surface area contributed by atoms with Gasteiger partial charge >= 0.3 is 0 Å². The molecule has 1 unspecified atom stereocenters. The number of rotatable bonds is 2. The summed E-state index contributed by atoms with van der Waals surface area (Å²) in [7, 11) is 0. The molecule has 3 aliphatic rings. The van der Waals surface area contributed by atoms with Gasteiger partial charge in [-0.2, -0.15) is 11.8 Å². The first-order valence-corrected chi connectivity index (χ1v) is 6.92. The molecule has 1 heterocycles. The average molecular weight is 211 g/mol. The van der Waals surface area contributed by atoms with Gasteiger partial charge in [0.2, 0.25) is 0 Å². The predicted octanol–water partition coefficient (Wildman–Crippen LogP) is 2.79. The summed E-state index contributed by atoms with van der Waals surface area (Å²) in [5.41, 5.74) is 7.31. The van der Waals surface area contributed by atoms with Gasteiger partial charge in [0.25, 0.3) is 0 Å². The van der Waals surface area contributed by atoms with E-state index in [1.807, 2.05) is 0 Å². The predicted molar refractivity (Wildman–Crippen MR) is 62.5 cm³/mol. The van der Waals surface area contributed by atoms with Crippen LogP contribution in [0.25, 0.3) is 0 Å².